The predicted molar refractivity (Wildman–Crippen MR) is 71.7 cm³/mol. The number of carbonyl (C=O) groups is 2. The van der Waals surface area contributed by atoms with Crippen molar-refractivity contribution in [3.63, 3.8) is 0 Å². The average Bonchev–Trinajstić information content (AvgIpc) is 2.48. The number of hydrogen-bond acceptors (Lipinski definition) is 4. The summed E-state index contributed by atoms with van der Waals surface area (Å²) in [5, 5.41) is 11.7. The van der Waals surface area contributed by atoms with Crippen LogP contribution in [0.4, 0.5) is 4.39 Å². The van der Waals surface area contributed by atoms with E-state index in [0.717, 1.165) is 12.3 Å². The molecule has 114 valence electrons. The van der Waals surface area contributed by atoms with Gasteiger partial charge >= 0.3 is 5.97 Å². The highest BCUT2D eigenvalue weighted by molar-refractivity contribution is 6.32. The van der Waals surface area contributed by atoms with Crippen molar-refractivity contribution in [1.82, 2.24) is 10.3 Å². The molecule has 8 heteroatoms. The minimum atomic E-state index is -1.07. The lowest BCUT2D eigenvalue weighted by molar-refractivity contribution is -0.154. The van der Waals surface area contributed by atoms with Crippen LogP contribution in [0.1, 0.15) is 23.2 Å². The van der Waals surface area contributed by atoms with E-state index in [2.05, 4.69) is 10.3 Å². The molecule has 2 rings (SSSR count). The van der Waals surface area contributed by atoms with Crippen molar-refractivity contribution in [2.75, 3.05) is 19.8 Å². The number of carbonyl (C=O) groups excluding carboxylic acids is 1. The van der Waals surface area contributed by atoms with Crippen LogP contribution in [0, 0.1) is 11.2 Å². The van der Waals surface area contributed by atoms with Crippen molar-refractivity contribution in [2.45, 2.75) is 12.8 Å². The molecule has 2 heterocycles. The maximum absolute atomic E-state index is 13.1. The monoisotopic (exact) mass is 316 g/mol. The minimum absolute atomic E-state index is 0.0721. The number of aliphatic carboxylic acids is 1. The third kappa shape index (κ3) is 3.48. The summed E-state index contributed by atoms with van der Waals surface area (Å²) in [6, 6.07) is 0.960. The topological polar surface area (TPSA) is 88.5 Å². The highest BCUT2D eigenvalue weighted by atomic mass is 35.5. The van der Waals surface area contributed by atoms with E-state index >= 15 is 0 Å². The lowest BCUT2D eigenvalue weighted by Gasteiger charge is -2.33. The number of aromatic nitrogens is 1. The molecule has 2 N–H and O–H groups in total. The van der Waals surface area contributed by atoms with Crippen LogP contribution in [0.2, 0.25) is 5.15 Å². The Hall–Kier alpha value is -1.73. The number of rotatable bonds is 4. The normalized spacial score (nSPS) is 17.2. The molecular weight excluding hydrogens is 303 g/mol. The molecule has 1 saturated heterocycles. The summed E-state index contributed by atoms with van der Waals surface area (Å²) in [5.41, 5.74) is -1.19. The molecular formula is C13H14ClFN2O4. The van der Waals surface area contributed by atoms with Gasteiger partial charge in [-0.2, -0.15) is 0 Å². The predicted octanol–water partition coefficient (Wildman–Crippen LogP) is 1.49. The van der Waals surface area contributed by atoms with Gasteiger partial charge in [0.15, 0.2) is 0 Å². The van der Waals surface area contributed by atoms with Gasteiger partial charge in [0, 0.05) is 19.8 Å². The standard InChI is InChI=1S/C13H14ClFN2O4/c14-10-9(5-8(15)6-16-10)11(18)17-7-13(12(19)20)1-3-21-4-2-13/h5-6H,1-4,7H2,(H,17,18)(H,19,20). The summed E-state index contributed by atoms with van der Waals surface area (Å²) in [4.78, 5) is 27.0. The second-order valence-corrected chi connectivity index (χ2v) is 5.23. The first-order valence-corrected chi connectivity index (χ1v) is 6.73. The number of ether oxygens (including phenoxy) is 1. The number of carboxylic acids is 1. The maximum Gasteiger partial charge on any atom is 0.311 e. The first kappa shape index (κ1) is 15.7. The zero-order chi connectivity index (χ0) is 15.5. The molecule has 0 bridgehead atoms. The average molecular weight is 317 g/mol. The quantitative estimate of drug-likeness (QED) is 0.822. The fourth-order valence-electron chi connectivity index (χ4n) is 2.15. The van der Waals surface area contributed by atoms with E-state index in [1.807, 2.05) is 0 Å². The van der Waals surface area contributed by atoms with Gasteiger partial charge in [0.05, 0.1) is 17.2 Å². The van der Waals surface area contributed by atoms with Gasteiger partial charge in [-0.1, -0.05) is 11.6 Å². The zero-order valence-electron chi connectivity index (χ0n) is 11.1. The summed E-state index contributed by atoms with van der Waals surface area (Å²) in [5.74, 6) is -2.34. The van der Waals surface area contributed by atoms with Gasteiger partial charge in [0.25, 0.3) is 5.91 Å². The third-order valence-electron chi connectivity index (χ3n) is 3.54. The van der Waals surface area contributed by atoms with E-state index in [1.54, 1.807) is 0 Å². The number of carboxylic acid groups (broad SMARTS) is 1. The lowest BCUT2D eigenvalue weighted by atomic mass is 9.80. The Labute approximate surface area is 125 Å². The second-order valence-electron chi connectivity index (χ2n) is 4.87. The van der Waals surface area contributed by atoms with Gasteiger partial charge < -0.3 is 15.2 Å². The molecule has 1 aromatic heterocycles. The molecule has 1 aliphatic rings. The number of nitrogens with zero attached hydrogens (tertiary/aromatic N) is 1. The van der Waals surface area contributed by atoms with Gasteiger partial charge in [-0.3, -0.25) is 9.59 Å². The molecule has 0 radical (unpaired) electrons. The number of nitrogens with one attached hydrogen (secondary N) is 1. The first-order valence-electron chi connectivity index (χ1n) is 6.35. The van der Waals surface area contributed by atoms with E-state index in [1.165, 1.54) is 0 Å². The Kier molecular flexibility index (Phi) is 4.74. The van der Waals surface area contributed by atoms with Crippen molar-refractivity contribution in [3.8, 4) is 0 Å². The van der Waals surface area contributed by atoms with Crippen LogP contribution in [0.15, 0.2) is 12.3 Å². The van der Waals surface area contributed by atoms with Gasteiger partial charge in [0.2, 0.25) is 0 Å². The molecule has 0 aromatic carbocycles. The fourth-order valence-corrected chi connectivity index (χ4v) is 2.34. The summed E-state index contributed by atoms with van der Waals surface area (Å²) in [6.07, 6.45) is 1.51. The summed E-state index contributed by atoms with van der Waals surface area (Å²) < 4.78 is 18.2. The van der Waals surface area contributed by atoms with Crippen LogP contribution in [0.3, 0.4) is 0 Å². The van der Waals surface area contributed by atoms with Crippen molar-refractivity contribution >= 4 is 23.5 Å². The first-order chi connectivity index (χ1) is 9.94. The third-order valence-corrected chi connectivity index (χ3v) is 3.84. The number of hydrogen-bond donors (Lipinski definition) is 2. The van der Waals surface area contributed by atoms with Gasteiger partial charge in [-0.15, -0.1) is 0 Å². The Morgan fingerprint density at radius 2 is 2.14 bits per heavy atom. The van der Waals surface area contributed by atoms with Crippen LogP contribution < -0.4 is 5.32 Å². The van der Waals surface area contributed by atoms with Crippen LogP contribution in [0.25, 0.3) is 0 Å². The second kappa shape index (κ2) is 6.36. The molecule has 0 aliphatic carbocycles. The van der Waals surface area contributed by atoms with Crippen LogP contribution in [-0.4, -0.2) is 41.7 Å². The summed E-state index contributed by atoms with van der Waals surface area (Å²) in [6.45, 7) is 0.576. The zero-order valence-corrected chi connectivity index (χ0v) is 11.8. The fraction of sp³-hybridized carbons (Fsp3) is 0.462. The molecule has 1 aromatic rings. The Balaban J connectivity index is 2.08. The highest BCUT2D eigenvalue weighted by Gasteiger charge is 2.40. The maximum atomic E-state index is 13.1. The van der Waals surface area contributed by atoms with Crippen molar-refractivity contribution in [3.05, 3.63) is 28.8 Å². The Morgan fingerprint density at radius 1 is 1.48 bits per heavy atom. The SMILES string of the molecule is O=C(NCC1(C(=O)O)CCOCC1)c1cc(F)cnc1Cl. The summed E-state index contributed by atoms with van der Waals surface area (Å²) in [7, 11) is 0. The van der Waals surface area contributed by atoms with Crippen molar-refractivity contribution in [2.24, 2.45) is 5.41 Å². The Bertz CT molecular complexity index is 561. The van der Waals surface area contributed by atoms with Gasteiger partial charge in [-0.25, -0.2) is 9.37 Å². The number of amides is 1. The molecule has 21 heavy (non-hydrogen) atoms. The van der Waals surface area contributed by atoms with Crippen molar-refractivity contribution in [1.29, 1.82) is 0 Å². The molecule has 1 amide bonds. The largest absolute Gasteiger partial charge is 0.481 e. The summed E-state index contributed by atoms with van der Waals surface area (Å²) >= 11 is 5.73. The van der Waals surface area contributed by atoms with E-state index in [0.29, 0.717) is 26.1 Å². The number of halogens is 2. The molecule has 1 aliphatic heterocycles. The molecule has 0 unspecified atom stereocenters. The lowest BCUT2D eigenvalue weighted by Crippen LogP contribution is -2.46. The number of pyridine rings is 1. The molecule has 0 atom stereocenters. The minimum Gasteiger partial charge on any atom is -0.481 e. The smallest absolute Gasteiger partial charge is 0.311 e. The Morgan fingerprint density at radius 3 is 2.76 bits per heavy atom. The molecule has 1 fully saturated rings. The van der Waals surface area contributed by atoms with Crippen LogP contribution >= 0.6 is 11.6 Å². The van der Waals surface area contributed by atoms with Gasteiger partial charge in [-0.05, 0) is 18.9 Å². The van der Waals surface area contributed by atoms with Crippen LogP contribution in [0.5, 0.6) is 0 Å². The highest BCUT2D eigenvalue weighted by Crippen LogP contribution is 2.30. The van der Waals surface area contributed by atoms with E-state index in [-0.39, 0.29) is 17.3 Å². The van der Waals surface area contributed by atoms with E-state index in [9.17, 15) is 19.1 Å². The molecule has 0 spiro atoms. The van der Waals surface area contributed by atoms with E-state index in [4.69, 9.17) is 16.3 Å². The van der Waals surface area contributed by atoms with Gasteiger partial charge in [0.1, 0.15) is 11.0 Å². The van der Waals surface area contributed by atoms with Crippen molar-refractivity contribution < 1.29 is 23.8 Å². The van der Waals surface area contributed by atoms with Crippen LogP contribution in [-0.2, 0) is 9.53 Å². The van der Waals surface area contributed by atoms with E-state index < -0.39 is 23.1 Å². The molecule has 6 nitrogen and oxygen atoms in total. The molecule has 0 saturated carbocycles.